The van der Waals surface area contributed by atoms with E-state index in [1.807, 2.05) is 0 Å². The molecule has 5 N–H and O–H groups in total. The van der Waals surface area contributed by atoms with Gasteiger partial charge in [-0.15, -0.1) is 0 Å². The number of likely N-dealkylation sites (tertiary alicyclic amines) is 1. The van der Waals surface area contributed by atoms with Crippen LogP contribution in [-0.2, 0) is 4.79 Å². The number of carbonyl (C=O) groups excluding carboxylic acids is 2. The maximum Gasteiger partial charge on any atom is 0.319 e. The summed E-state index contributed by atoms with van der Waals surface area (Å²) in [6.07, 6.45) is 1.92. The molecule has 132 valence electrons. The van der Waals surface area contributed by atoms with Crippen LogP contribution in [0.3, 0.4) is 0 Å². The number of carbonyl (C=O) groups is 2. The van der Waals surface area contributed by atoms with Gasteiger partial charge in [-0.3, -0.25) is 4.79 Å². The minimum absolute atomic E-state index is 0.204. The van der Waals surface area contributed by atoms with Crippen LogP contribution in [0.25, 0.3) is 0 Å². The molecule has 0 saturated carbocycles. The zero-order valence-electron chi connectivity index (χ0n) is 14.6. The lowest BCUT2D eigenvalue weighted by Crippen LogP contribution is -2.45. The number of hydrogen-bond acceptors (Lipinski definition) is 4. The summed E-state index contributed by atoms with van der Waals surface area (Å²) in [5.74, 6) is -0.261. The fourth-order valence-electron chi connectivity index (χ4n) is 2.43. The monoisotopic (exact) mass is 333 g/mol. The van der Waals surface area contributed by atoms with E-state index in [0.717, 1.165) is 25.9 Å². The maximum atomic E-state index is 12.0. The largest absolute Gasteiger partial charge is 0.335 e. The molecule has 3 amide bonds. The normalized spacial score (nSPS) is 16.5. The molecular weight excluding hydrogens is 306 g/mol. The van der Waals surface area contributed by atoms with Gasteiger partial charge in [-0.25, -0.2) is 4.79 Å². The molecule has 0 aromatic heterocycles. The van der Waals surface area contributed by atoms with Crippen molar-refractivity contribution < 1.29 is 9.59 Å². The van der Waals surface area contributed by atoms with Crippen molar-refractivity contribution in [3.05, 3.63) is 24.3 Å². The zero-order chi connectivity index (χ0) is 17.7. The van der Waals surface area contributed by atoms with E-state index in [0.29, 0.717) is 11.4 Å². The van der Waals surface area contributed by atoms with E-state index in [4.69, 9.17) is 5.73 Å². The summed E-state index contributed by atoms with van der Waals surface area (Å²) in [5, 5.41) is 8.54. The Hall–Kier alpha value is -2.12. The summed E-state index contributed by atoms with van der Waals surface area (Å²) >= 11 is 0. The minimum atomic E-state index is -0.940. The van der Waals surface area contributed by atoms with Crippen molar-refractivity contribution in [3.63, 3.8) is 0 Å². The van der Waals surface area contributed by atoms with Crippen molar-refractivity contribution in [2.45, 2.75) is 38.3 Å². The van der Waals surface area contributed by atoms with E-state index < -0.39 is 5.54 Å². The van der Waals surface area contributed by atoms with Crippen LogP contribution in [0, 0.1) is 0 Å². The smallest absolute Gasteiger partial charge is 0.319 e. The molecule has 2 rings (SSSR count). The summed E-state index contributed by atoms with van der Waals surface area (Å²) in [6, 6.07) is 6.96. The number of rotatable bonds is 4. The van der Waals surface area contributed by atoms with Gasteiger partial charge in [0, 0.05) is 17.4 Å². The number of nitrogens with one attached hydrogen (secondary N) is 3. The summed E-state index contributed by atoms with van der Waals surface area (Å²) in [7, 11) is 2.09. The van der Waals surface area contributed by atoms with Crippen LogP contribution in [-0.4, -0.2) is 48.6 Å². The first kappa shape index (κ1) is 18.2. The van der Waals surface area contributed by atoms with Gasteiger partial charge in [0.15, 0.2) is 0 Å². The molecule has 1 aromatic carbocycles. The fraction of sp³-hybridized carbons (Fsp3) is 0.529. The molecule has 0 bridgehead atoms. The summed E-state index contributed by atoms with van der Waals surface area (Å²) in [4.78, 5) is 26.1. The van der Waals surface area contributed by atoms with Crippen molar-refractivity contribution >= 4 is 23.3 Å². The number of anilines is 2. The fourth-order valence-corrected chi connectivity index (χ4v) is 2.43. The highest BCUT2D eigenvalue weighted by molar-refractivity contribution is 5.97. The Morgan fingerprint density at radius 3 is 2.08 bits per heavy atom. The second kappa shape index (κ2) is 7.63. The van der Waals surface area contributed by atoms with Gasteiger partial charge in [0.1, 0.15) is 0 Å². The first-order valence-corrected chi connectivity index (χ1v) is 8.20. The number of urea groups is 1. The highest BCUT2D eigenvalue weighted by Gasteiger charge is 2.22. The van der Waals surface area contributed by atoms with Crippen LogP contribution in [0.2, 0.25) is 0 Å². The van der Waals surface area contributed by atoms with E-state index >= 15 is 0 Å². The summed E-state index contributed by atoms with van der Waals surface area (Å²) in [6.45, 7) is 5.28. The van der Waals surface area contributed by atoms with Crippen molar-refractivity contribution in [1.29, 1.82) is 0 Å². The second-order valence-corrected chi connectivity index (χ2v) is 6.93. The van der Waals surface area contributed by atoms with E-state index in [1.165, 1.54) is 0 Å². The summed E-state index contributed by atoms with van der Waals surface area (Å²) < 4.78 is 0. The van der Waals surface area contributed by atoms with Gasteiger partial charge in [0.2, 0.25) is 5.91 Å². The van der Waals surface area contributed by atoms with E-state index in [2.05, 4.69) is 27.9 Å². The minimum Gasteiger partial charge on any atom is -0.335 e. The standard InChI is InChI=1S/C17H27N5O2/c1-17(2,18)15(23)19-12-4-6-13(7-5-12)20-16(24)21-14-8-10-22(3)11-9-14/h4-7,14H,8-11,18H2,1-3H3,(H,19,23)(H2,20,21,24). The first-order valence-electron chi connectivity index (χ1n) is 8.20. The predicted octanol–water partition coefficient (Wildman–Crippen LogP) is 1.58. The molecule has 0 atom stereocenters. The average Bonchev–Trinajstić information content (AvgIpc) is 2.50. The molecule has 0 unspecified atom stereocenters. The van der Waals surface area contributed by atoms with Gasteiger partial charge in [0.25, 0.3) is 0 Å². The van der Waals surface area contributed by atoms with Crippen molar-refractivity contribution in [1.82, 2.24) is 10.2 Å². The van der Waals surface area contributed by atoms with Gasteiger partial charge in [-0.05, 0) is 71.1 Å². The van der Waals surface area contributed by atoms with Gasteiger partial charge in [-0.1, -0.05) is 0 Å². The highest BCUT2D eigenvalue weighted by atomic mass is 16.2. The maximum absolute atomic E-state index is 12.0. The topological polar surface area (TPSA) is 99.5 Å². The molecule has 0 spiro atoms. The Bertz CT molecular complexity index is 572. The highest BCUT2D eigenvalue weighted by Crippen LogP contribution is 2.15. The Morgan fingerprint density at radius 1 is 1.08 bits per heavy atom. The van der Waals surface area contributed by atoms with Crippen LogP contribution in [0.15, 0.2) is 24.3 Å². The molecule has 1 aliphatic heterocycles. The van der Waals surface area contributed by atoms with Crippen molar-refractivity contribution in [3.8, 4) is 0 Å². The van der Waals surface area contributed by atoms with Gasteiger partial charge in [-0.2, -0.15) is 0 Å². The number of nitrogens with zero attached hydrogens (tertiary/aromatic N) is 1. The lowest BCUT2D eigenvalue weighted by molar-refractivity contribution is -0.120. The SMILES string of the molecule is CN1CCC(NC(=O)Nc2ccc(NC(=O)C(C)(C)N)cc2)CC1. The molecule has 1 heterocycles. The molecule has 1 aliphatic rings. The van der Waals surface area contributed by atoms with Crippen molar-refractivity contribution in [2.75, 3.05) is 30.8 Å². The van der Waals surface area contributed by atoms with Gasteiger partial charge >= 0.3 is 6.03 Å². The molecule has 1 saturated heterocycles. The third-order valence-electron chi connectivity index (χ3n) is 4.04. The Kier molecular flexibility index (Phi) is 5.80. The van der Waals surface area contributed by atoms with Crippen LogP contribution >= 0.6 is 0 Å². The Morgan fingerprint density at radius 2 is 1.58 bits per heavy atom. The molecule has 1 aromatic rings. The van der Waals surface area contributed by atoms with Gasteiger partial charge in [0.05, 0.1) is 5.54 Å². The lowest BCUT2D eigenvalue weighted by atomic mass is 10.1. The lowest BCUT2D eigenvalue weighted by Gasteiger charge is -2.29. The summed E-state index contributed by atoms with van der Waals surface area (Å²) in [5.41, 5.74) is 6.11. The molecule has 7 nitrogen and oxygen atoms in total. The number of benzene rings is 1. The van der Waals surface area contributed by atoms with Crippen LogP contribution in [0.5, 0.6) is 0 Å². The van der Waals surface area contributed by atoms with Crippen LogP contribution in [0.1, 0.15) is 26.7 Å². The molecule has 1 fully saturated rings. The number of hydrogen-bond donors (Lipinski definition) is 4. The first-order chi connectivity index (χ1) is 11.2. The number of piperidine rings is 1. The van der Waals surface area contributed by atoms with Crippen LogP contribution < -0.4 is 21.7 Å². The molecular formula is C17H27N5O2. The third kappa shape index (κ3) is 5.50. The van der Waals surface area contributed by atoms with E-state index in [1.54, 1.807) is 38.1 Å². The Balaban J connectivity index is 1.83. The quantitative estimate of drug-likeness (QED) is 0.672. The Labute approximate surface area is 143 Å². The second-order valence-electron chi connectivity index (χ2n) is 6.93. The van der Waals surface area contributed by atoms with Gasteiger partial charge < -0.3 is 26.6 Å². The van der Waals surface area contributed by atoms with Crippen LogP contribution in [0.4, 0.5) is 16.2 Å². The average molecular weight is 333 g/mol. The van der Waals surface area contributed by atoms with E-state index in [9.17, 15) is 9.59 Å². The molecule has 7 heteroatoms. The van der Waals surface area contributed by atoms with Crippen molar-refractivity contribution in [2.24, 2.45) is 5.73 Å². The molecule has 24 heavy (non-hydrogen) atoms. The molecule has 0 aliphatic carbocycles. The number of amides is 3. The number of nitrogens with two attached hydrogens (primary N) is 1. The molecule has 0 radical (unpaired) electrons. The predicted molar refractivity (Wildman–Crippen MR) is 96.0 cm³/mol. The zero-order valence-corrected chi connectivity index (χ0v) is 14.6. The third-order valence-corrected chi connectivity index (χ3v) is 4.04. The van der Waals surface area contributed by atoms with E-state index in [-0.39, 0.29) is 18.0 Å².